The summed E-state index contributed by atoms with van der Waals surface area (Å²) in [5.74, 6) is -0.522. The molecule has 0 aliphatic carbocycles. The lowest BCUT2D eigenvalue weighted by Gasteiger charge is -2.21. The third-order valence-corrected chi connectivity index (χ3v) is 21.4. The van der Waals surface area contributed by atoms with Crippen LogP contribution in [-0.2, 0) is 65.4 Å². The Kier molecular flexibility index (Phi) is 73.1. The summed E-state index contributed by atoms with van der Waals surface area (Å²) in [4.78, 5) is 73.1. The minimum atomic E-state index is -4.96. The molecule has 102 heavy (non-hydrogen) atoms. The lowest BCUT2D eigenvalue weighted by molar-refractivity contribution is -0.161. The fraction of sp³-hybridized carbons (Fsp3) is 0.952. The van der Waals surface area contributed by atoms with Gasteiger partial charge in [-0.1, -0.05) is 388 Å². The Morgan fingerprint density at radius 1 is 0.265 bits per heavy atom. The van der Waals surface area contributed by atoms with Gasteiger partial charge in [0.15, 0.2) is 12.2 Å². The number of hydrogen-bond acceptors (Lipinski definition) is 15. The lowest BCUT2D eigenvalue weighted by Crippen LogP contribution is -2.30. The topological polar surface area (TPSA) is 237 Å². The number of aliphatic hydroxyl groups is 1. The van der Waals surface area contributed by atoms with Crippen LogP contribution < -0.4 is 0 Å². The van der Waals surface area contributed by atoms with Crippen LogP contribution in [0, 0.1) is 11.8 Å². The van der Waals surface area contributed by atoms with E-state index in [1.54, 1.807) is 0 Å². The monoisotopic (exact) mass is 1490 g/mol. The molecule has 0 aliphatic heterocycles. The van der Waals surface area contributed by atoms with Crippen LogP contribution >= 0.6 is 15.6 Å². The van der Waals surface area contributed by atoms with Gasteiger partial charge < -0.3 is 33.8 Å². The van der Waals surface area contributed by atoms with Gasteiger partial charge in [-0.15, -0.1) is 0 Å². The van der Waals surface area contributed by atoms with Crippen molar-refractivity contribution in [2.45, 2.75) is 458 Å². The highest BCUT2D eigenvalue weighted by molar-refractivity contribution is 7.47. The number of carbonyl (C=O) groups is 4. The van der Waals surface area contributed by atoms with E-state index in [-0.39, 0.29) is 25.7 Å². The second kappa shape index (κ2) is 74.5. The average Bonchev–Trinajstić information content (AvgIpc) is 0.917. The van der Waals surface area contributed by atoms with Crippen LogP contribution in [0.25, 0.3) is 0 Å². The summed E-state index contributed by atoms with van der Waals surface area (Å²) in [6, 6.07) is 0. The largest absolute Gasteiger partial charge is 0.472 e. The van der Waals surface area contributed by atoms with Gasteiger partial charge in [-0.3, -0.25) is 37.3 Å². The molecule has 0 saturated heterocycles. The highest BCUT2D eigenvalue weighted by Gasteiger charge is 2.30. The third-order valence-electron chi connectivity index (χ3n) is 19.5. The zero-order valence-corrected chi connectivity index (χ0v) is 68.7. The maximum absolute atomic E-state index is 13.1. The van der Waals surface area contributed by atoms with Crippen molar-refractivity contribution in [3.63, 3.8) is 0 Å². The van der Waals surface area contributed by atoms with Gasteiger partial charge in [0, 0.05) is 25.7 Å². The van der Waals surface area contributed by atoms with Gasteiger partial charge >= 0.3 is 39.5 Å². The van der Waals surface area contributed by atoms with Crippen molar-refractivity contribution in [1.29, 1.82) is 0 Å². The lowest BCUT2D eigenvalue weighted by atomic mass is 10.0. The first-order valence-electron chi connectivity index (χ1n) is 43.0. The maximum Gasteiger partial charge on any atom is 0.472 e. The Labute approximate surface area is 626 Å². The summed E-state index contributed by atoms with van der Waals surface area (Å²) in [5, 5.41) is 10.7. The molecule has 606 valence electrons. The van der Waals surface area contributed by atoms with Crippen molar-refractivity contribution in [2.24, 2.45) is 11.8 Å². The van der Waals surface area contributed by atoms with Crippen LogP contribution in [0.2, 0.25) is 0 Å². The van der Waals surface area contributed by atoms with Crippen molar-refractivity contribution in [2.75, 3.05) is 39.6 Å². The smallest absolute Gasteiger partial charge is 0.462 e. The second-order valence-electron chi connectivity index (χ2n) is 30.8. The molecule has 3 N–H and O–H groups in total. The van der Waals surface area contributed by atoms with E-state index in [2.05, 4.69) is 41.5 Å². The molecule has 0 radical (unpaired) electrons. The molecule has 0 aromatic carbocycles. The quantitative estimate of drug-likeness (QED) is 0.0222. The van der Waals surface area contributed by atoms with E-state index >= 15 is 0 Å². The molecule has 0 aliphatic rings. The van der Waals surface area contributed by atoms with Gasteiger partial charge in [0.05, 0.1) is 26.4 Å². The first-order chi connectivity index (χ1) is 49.4. The summed E-state index contributed by atoms with van der Waals surface area (Å²) < 4.78 is 68.8. The summed E-state index contributed by atoms with van der Waals surface area (Å²) in [7, 11) is -9.92. The van der Waals surface area contributed by atoms with Crippen LogP contribution in [0.3, 0.4) is 0 Å². The van der Waals surface area contributed by atoms with Gasteiger partial charge in [0.2, 0.25) is 0 Å². The first kappa shape index (κ1) is 100. The Hall–Kier alpha value is -1.94. The van der Waals surface area contributed by atoms with Crippen LogP contribution in [0.15, 0.2) is 0 Å². The molecule has 17 nitrogen and oxygen atoms in total. The number of aliphatic hydroxyl groups excluding tert-OH is 1. The van der Waals surface area contributed by atoms with E-state index in [9.17, 15) is 43.2 Å². The molecule has 0 saturated carbocycles. The normalized spacial score (nSPS) is 13.9. The second-order valence-corrected chi connectivity index (χ2v) is 33.7. The highest BCUT2D eigenvalue weighted by Crippen LogP contribution is 2.45. The average molecular weight is 1490 g/mol. The molecule has 0 heterocycles. The number of esters is 4. The van der Waals surface area contributed by atoms with Crippen LogP contribution in [0.5, 0.6) is 0 Å². The Morgan fingerprint density at radius 3 is 0.667 bits per heavy atom. The van der Waals surface area contributed by atoms with E-state index in [1.807, 2.05) is 0 Å². The molecule has 19 heteroatoms. The number of phosphoric ester groups is 2. The Balaban J connectivity index is 5.23. The first-order valence-corrected chi connectivity index (χ1v) is 46.0. The predicted octanol–water partition coefficient (Wildman–Crippen LogP) is 25.1. The van der Waals surface area contributed by atoms with Gasteiger partial charge in [0.25, 0.3) is 0 Å². The van der Waals surface area contributed by atoms with E-state index in [4.69, 9.17) is 37.0 Å². The minimum absolute atomic E-state index is 0.107. The molecular formula is C83H162O17P2. The number of hydrogen-bond donors (Lipinski definition) is 3. The molecule has 0 aromatic heterocycles. The number of carbonyl (C=O) groups excluding carboxylic acids is 4. The van der Waals surface area contributed by atoms with Gasteiger partial charge in [-0.05, 0) is 37.5 Å². The van der Waals surface area contributed by atoms with Gasteiger partial charge in [0.1, 0.15) is 19.3 Å². The standard InChI is InChI=1S/C83H162O17P2/c1-7-9-11-13-15-17-19-20-21-22-23-24-27-31-37-43-49-55-61-67-82(87)100-79(72-94-81(86)66-60-54-48-42-36-30-28-25-26-29-34-39-45-51-57-63-75(3)4)74-98-102(91,92)96-70-77(84)69-95-101(89,90)97-73-78(71-93-80(85)65-59-53-47-41-18-16-14-12-10-8-2)99-83(88)68-62-56-50-44-38-33-32-35-40-46-52-58-64-76(5)6/h75-79,84H,7-74H2,1-6H3,(H,89,90)(H,91,92)/t77-,78+,79+/m0/s1. The maximum atomic E-state index is 13.1. The van der Waals surface area contributed by atoms with E-state index in [1.165, 1.54) is 257 Å². The van der Waals surface area contributed by atoms with Crippen molar-refractivity contribution in [3.8, 4) is 0 Å². The third kappa shape index (κ3) is 76.3. The zero-order valence-electron chi connectivity index (χ0n) is 66.9. The molecule has 2 unspecified atom stereocenters. The van der Waals surface area contributed by atoms with Crippen molar-refractivity contribution < 1.29 is 80.2 Å². The number of unbranched alkanes of at least 4 members (excludes halogenated alkanes) is 52. The highest BCUT2D eigenvalue weighted by atomic mass is 31.2. The fourth-order valence-corrected chi connectivity index (χ4v) is 14.5. The van der Waals surface area contributed by atoms with Crippen molar-refractivity contribution in [1.82, 2.24) is 0 Å². The van der Waals surface area contributed by atoms with E-state index < -0.39 is 97.5 Å². The van der Waals surface area contributed by atoms with Crippen LogP contribution in [0.1, 0.15) is 440 Å². The molecule has 0 bridgehead atoms. The molecule has 0 fully saturated rings. The summed E-state index contributed by atoms with van der Waals surface area (Å²) >= 11 is 0. The van der Waals surface area contributed by atoms with E-state index in [0.717, 1.165) is 102 Å². The molecule has 0 spiro atoms. The number of rotatable bonds is 82. The Bertz CT molecular complexity index is 1960. The van der Waals surface area contributed by atoms with Crippen molar-refractivity contribution in [3.05, 3.63) is 0 Å². The fourth-order valence-electron chi connectivity index (χ4n) is 12.9. The zero-order chi connectivity index (χ0) is 74.9. The van der Waals surface area contributed by atoms with E-state index in [0.29, 0.717) is 25.7 Å². The minimum Gasteiger partial charge on any atom is -0.462 e. The van der Waals surface area contributed by atoms with Crippen LogP contribution in [-0.4, -0.2) is 96.7 Å². The number of ether oxygens (including phenoxy) is 4. The summed E-state index contributed by atoms with van der Waals surface area (Å²) in [5.41, 5.74) is 0. The number of phosphoric acid groups is 2. The molecular weight excluding hydrogens is 1330 g/mol. The molecule has 0 aromatic rings. The summed E-state index contributed by atoms with van der Waals surface area (Å²) in [6.07, 6.45) is 65.2. The molecule has 5 atom stereocenters. The Morgan fingerprint density at radius 2 is 0.451 bits per heavy atom. The van der Waals surface area contributed by atoms with Crippen molar-refractivity contribution >= 4 is 39.5 Å². The van der Waals surface area contributed by atoms with Crippen LogP contribution in [0.4, 0.5) is 0 Å². The SMILES string of the molecule is CCCCCCCCCCCCCCCCCCCCCC(=O)O[C@H](COC(=O)CCCCCCCCCCCCCCCCCC(C)C)COP(=O)(O)OC[C@@H](O)COP(=O)(O)OC[C@@H](COC(=O)CCCCCCCCCCCC)OC(=O)CCCCCCCCCCCCCCC(C)C. The van der Waals surface area contributed by atoms with Gasteiger partial charge in [-0.2, -0.15) is 0 Å². The summed E-state index contributed by atoms with van der Waals surface area (Å²) in [6.45, 7) is 9.68. The predicted molar refractivity (Wildman–Crippen MR) is 418 cm³/mol. The van der Waals surface area contributed by atoms with Gasteiger partial charge in [-0.25, -0.2) is 9.13 Å². The molecule has 0 amide bonds. The molecule has 0 rings (SSSR count).